The van der Waals surface area contributed by atoms with Gasteiger partial charge in [-0.15, -0.1) is 10.2 Å². The molecule has 0 spiro atoms. The van der Waals surface area contributed by atoms with E-state index in [2.05, 4.69) is 36.5 Å². The lowest BCUT2D eigenvalue weighted by atomic mass is 10.3. The highest BCUT2D eigenvalue weighted by atomic mass is 79.9. The van der Waals surface area contributed by atoms with Gasteiger partial charge in [-0.05, 0) is 36.7 Å². The molecule has 18 heavy (non-hydrogen) atoms. The van der Waals surface area contributed by atoms with E-state index in [0.717, 1.165) is 15.2 Å². The number of aryl methyl sites for hydroxylation is 1. The number of anilines is 1. The predicted octanol–water partition coefficient (Wildman–Crippen LogP) is 2.31. The molecule has 0 aromatic carbocycles. The van der Waals surface area contributed by atoms with Crippen molar-refractivity contribution < 1.29 is 4.79 Å². The molecule has 2 heterocycles. The summed E-state index contributed by atoms with van der Waals surface area (Å²) in [6, 6.07) is -0.402. The molecule has 0 saturated carbocycles. The molecule has 0 aliphatic carbocycles. The maximum atomic E-state index is 12.0. The molecule has 1 atom stereocenters. The standard InChI is InChI=1S/C10H12BrN5OS/c1-5-8(11)4-12-16(5)6(2)9(17)13-10-15-14-7(3)18-10/h4,6H,1-3H3,(H,13,15,17). The molecule has 0 aliphatic rings. The average molecular weight is 330 g/mol. The zero-order chi connectivity index (χ0) is 13.3. The van der Waals surface area contributed by atoms with E-state index in [9.17, 15) is 4.79 Å². The van der Waals surface area contributed by atoms with Crippen molar-refractivity contribution in [3.8, 4) is 0 Å². The molecule has 0 bridgehead atoms. The Labute approximate surface area is 117 Å². The molecule has 1 amide bonds. The van der Waals surface area contributed by atoms with E-state index < -0.39 is 6.04 Å². The molecule has 2 aromatic rings. The number of nitrogens with one attached hydrogen (secondary N) is 1. The Balaban J connectivity index is 2.12. The van der Waals surface area contributed by atoms with Crippen molar-refractivity contribution in [2.45, 2.75) is 26.8 Å². The second-order valence-electron chi connectivity index (χ2n) is 3.81. The minimum atomic E-state index is -0.402. The molecule has 0 aliphatic heterocycles. The highest BCUT2D eigenvalue weighted by Gasteiger charge is 2.19. The summed E-state index contributed by atoms with van der Waals surface area (Å²) in [6.07, 6.45) is 1.67. The van der Waals surface area contributed by atoms with Crippen LogP contribution in [0.5, 0.6) is 0 Å². The summed E-state index contributed by atoms with van der Waals surface area (Å²) in [6.45, 7) is 5.52. The van der Waals surface area contributed by atoms with Crippen LogP contribution in [-0.4, -0.2) is 25.9 Å². The molecule has 6 nitrogen and oxygen atoms in total. The summed E-state index contributed by atoms with van der Waals surface area (Å²) in [5.41, 5.74) is 0.908. The number of hydrogen-bond acceptors (Lipinski definition) is 5. The van der Waals surface area contributed by atoms with Gasteiger partial charge in [0.1, 0.15) is 11.0 Å². The van der Waals surface area contributed by atoms with Crippen molar-refractivity contribution in [1.82, 2.24) is 20.0 Å². The molecular formula is C10H12BrN5OS. The van der Waals surface area contributed by atoms with Gasteiger partial charge in [0.15, 0.2) is 0 Å². The maximum Gasteiger partial charge on any atom is 0.250 e. The van der Waals surface area contributed by atoms with Gasteiger partial charge in [0, 0.05) is 0 Å². The van der Waals surface area contributed by atoms with E-state index >= 15 is 0 Å². The van der Waals surface area contributed by atoms with Crippen LogP contribution in [0, 0.1) is 13.8 Å². The SMILES string of the molecule is Cc1nnc(NC(=O)C(C)n2ncc(Br)c2C)s1. The Morgan fingerprint density at radius 2 is 2.22 bits per heavy atom. The Hall–Kier alpha value is -1.28. The van der Waals surface area contributed by atoms with Crippen molar-refractivity contribution in [2.24, 2.45) is 0 Å². The largest absolute Gasteiger partial charge is 0.299 e. The van der Waals surface area contributed by atoms with Gasteiger partial charge in [0.2, 0.25) is 5.13 Å². The fraction of sp³-hybridized carbons (Fsp3) is 0.400. The highest BCUT2D eigenvalue weighted by Crippen LogP contribution is 2.20. The molecule has 0 saturated heterocycles. The van der Waals surface area contributed by atoms with Gasteiger partial charge in [-0.2, -0.15) is 5.10 Å². The van der Waals surface area contributed by atoms with Gasteiger partial charge in [-0.3, -0.25) is 14.8 Å². The van der Waals surface area contributed by atoms with Gasteiger partial charge >= 0.3 is 0 Å². The highest BCUT2D eigenvalue weighted by molar-refractivity contribution is 9.10. The van der Waals surface area contributed by atoms with E-state index in [0.29, 0.717) is 5.13 Å². The fourth-order valence-electron chi connectivity index (χ4n) is 1.46. The van der Waals surface area contributed by atoms with Crippen LogP contribution < -0.4 is 5.32 Å². The maximum absolute atomic E-state index is 12.0. The Kier molecular flexibility index (Phi) is 3.76. The Morgan fingerprint density at radius 1 is 1.50 bits per heavy atom. The van der Waals surface area contributed by atoms with Crippen LogP contribution in [0.15, 0.2) is 10.7 Å². The summed E-state index contributed by atoms with van der Waals surface area (Å²) < 4.78 is 2.54. The van der Waals surface area contributed by atoms with Crippen LogP contribution in [-0.2, 0) is 4.79 Å². The van der Waals surface area contributed by atoms with Crippen LogP contribution in [0.1, 0.15) is 23.7 Å². The first-order chi connectivity index (χ1) is 8.49. The van der Waals surface area contributed by atoms with Crippen molar-refractivity contribution >= 4 is 38.3 Å². The van der Waals surface area contributed by atoms with Gasteiger partial charge in [0.25, 0.3) is 5.91 Å². The number of carbonyl (C=O) groups is 1. The third-order valence-corrected chi connectivity index (χ3v) is 4.02. The monoisotopic (exact) mass is 329 g/mol. The topological polar surface area (TPSA) is 72.7 Å². The minimum Gasteiger partial charge on any atom is -0.299 e. The number of amides is 1. The average Bonchev–Trinajstić information content (AvgIpc) is 2.87. The number of aromatic nitrogens is 4. The Bertz CT molecular complexity index is 579. The predicted molar refractivity (Wildman–Crippen MR) is 72.7 cm³/mol. The summed E-state index contributed by atoms with van der Waals surface area (Å²) in [4.78, 5) is 12.0. The van der Waals surface area contributed by atoms with Crippen LogP contribution in [0.4, 0.5) is 5.13 Å². The zero-order valence-electron chi connectivity index (χ0n) is 10.1. The number of nitrogens with zero attached hydrogens (tertiary/aromatic N) is 4. The van der Waals surface area contributed by atoms with Crippen molar-refractivity contribution in [2.75, 3.05) is 5.32 Å². The lowest BCUT2D eigenvalue weighted by Gasteiger charge is -2.12. The number of halogens is 1. The molecule has 2 rings (SSSR count). The second-order valence-corrected chi connectivity index (χ2v) is 5.85. The van der Waals surface area contributed by atoms with E-state index in [1.54, 1.807) is 17.8 Å². The first kappa shape index (κ1) is 13.2. The molecule has 8 heteroatoms. The van der Waals surface area contributed by atoms with E-state index in [1.165, 1.54) is 11.3 Å². The van der Waals surface area contributed by atoms with Crippen LogP contribution in [0.3, 0.4) is 0 Å². The minimum absolute atomic E-state index is 0.162. The van der Waals surface area contributed by atoms with Crippen LogP contribution in [0.25, 0.3) is 0 Å². The lowest BCUT2D eigenvalue weighted by Crippen LogP contribution is -2.25. The summed E-state index contributed by atoms with van der Waals surface area (Å²) in [5, 5.41) is 15.9. The Morgan fingerprint density at radius 3 is 2.72 bits per heavy atom. The zero-order valence-corrected chi connectivity index (χ0v) is 12.5. The smallest absolute Gasteiger partial charge is 0.250 e. The van der Waals surface area contributed by atoms with E-state index in [1.807, 2.05) is 13.8 Å². The molecule has 0 fully saturated rings. The summed E-state index contributed by atoms with van der Waals surface area (Å²) in [5.74, 6) is -0.162. The third kappa shape index (κ3) is 2.59. The van der Waals surface area contributed by atoms with Gasteiger partial charge in [-0.1, -0.05) is 11.3 Å². The first-order valence-corrected chi connectivity index (χ1v) is 6.90. The molecule has 96 valence electrons. The van der Waals surface area contributed by atoms with Gasteiger partial charge in [-0.25, -0.2) is 0 Å². The molecule has 1 unspecified atom stereocenters. The number of carbonyl (C=O) groups excluding carboxylic acids is 1. The van der Waals surface area contributed by atoms with Gasteiger partial charge in [0.05, 0.1) is 16.4 Å². The second kappa shape index (κ2) is 5.15. The van der Waals surface area contributed by atoms with Crippen molar-refractivity contribution in [1.29, 1.82) is 0 Å². The number of hydrogen-bond donors (Lipinski definition) is 1. The number of rotatable bonds is 3. The fourth-order valence-corrected chi connectivity index (χ4v) is 2.33. The quantitative estimate of drug-likeness (QED) is 0.937. The molecule has 0 radical (unpaired) electrons. The van der Waals surface area contributed by atoms with E-state index in [-0.39, 0.29) is 5.91 Å². The first-order valence-electron chi connectivity index (χ1n) is 5.29. The van der Waals surface area contributed by atoms with Crippen molar-refractivity contribution in [3.05, 3.63) is 21.4 Å². The molecule has 1 N–H and O–H groups in total. The summed E-state index contributed by atoms with van der Waals surface area (Å²) >= 11 is 4.71. The normalized spacial score (nSPS) is 12.4. The van der Waals surface area contributed by atoms with Crippen molar-refractivity contribution in [3.63, 3.8) is 0 Å². The summed E-state index contributed by atoms with van der Waals surface area (Å²) in [7, 11) is 0. The lowest BCUT2D eigenvalue weighted by molar-refractivity contribution is -0.119. The van der Waals surface area contributed by atoms with E-state index in [4.69, 9.17) is 0 Å². The molecular weight excluding hydrogens is 318 g/mol. The third-order valence-electron chi connectivity index (χ3n) is 2.49. The van der Waals surface area contributed by atoms with Crippen LogP contribution >= 0.6 is 27.3 Å². The van der Waals surface area contributed by atoms with Crippen LogP contribution in [0.2, 0.25) is 0 Å². The molecule has 2 aromatic heterocycles. The van der Waals surface area contributed by atoms with Gasteiger partial charge < -0.3 is 0 Å².